The molecular weight excluding hydrogens is 438 g/mol. The van der Waals surface area contributed by atoms with E-state index >= 15 is 0 Å². The van der Waals surface area contributed by atoms with Crippen LogP contribution in [0.15, 0.2) is 66.3 Å². The third-order valence-corrected chi connectivity index (χ3v) is 19.4. The molecule has 0 saturated heterocycles. The summed E-state index contributed by atoms with van der Waals surface area (Å²) >= 11 is -3.72. The molecule has 0 radical (unpaired) electrons. The van der Waals surface area contributed by atoms with Crippen molar-refractivity contribution < 1.29 is 17.9 Å². The number of allylic oxidation sites excluding steroid dienone is 5. The zero-order chi connectivity index (χ0) is 18.4. The molecule has 0 nitrogen and oxygen atoms in total. The Morgan fingerprint density at radius 3 is 2.65 bits per heavy atom. The standard InChI is InChI=1S/C13H9.C10H15.2ClH.Zr/c1-2-6-12-10(4-1)8-9-11-5-3-7-13(11)12;1-3-4-5-10-7-6-9(2)8-10;;;/h1-4,6,8-9H,5H2;6-8H,3-5H2,1-2H3;2*1H;/q;;;;+2/p-2. The van der Waals surface area contributed by atoms with Crippen molar-refractivity contribution in [3.8, 4) is 0 Å². The van der Waals surface area contributed by atoms with E-state index in [0.29, 0.717) is 0 Å². The van der Waals surface area contributed by atoms with Crippen LogP contribution in [0.2, 0.25) is 3.12 Å². The molecule has 134 valence electrons. The molecule has 2 aromatic carbocycles. The van der Waals surface area contributed by atoms with Crippen LogP contribution < -0.4 is 0 Å². The van der Waals surface area contributed by atoms with Gasteiger partial charge in [0.1, 0.15) is 0 Å². The molecule has 0 aliphatic heterocycles. The molecule has 0 amide bonds. The molecular formula is C23H24Cl2Zr. The second-order valence-corrected chi connectivity index (χ2v) is 21.9. The summed E-state index contributed by atoms with van der Waals surface area (Å²) < 4.78 is 1.14. The van der Waals surface area contributed by atoms with Crippen molar-refractivity contribution in [1.29, 1.82) is 0 Å². The SMILES string of the molecule is CCCC[C]1([Zr]([Cl])([Cl])[C]2=CCc3ccc4ccccc4c32)C=CC(C)=C1. The first-order chi connectivity index (χ1) is 12.5. The summed E-state index contributed by atoms with van der Waals surface area (Å²) in [6.45, 7) is 4.40. The van der Waals surface area contributed by atoms with E-state index in [-0.39, 0.29) is 3.12 Å². The van der Waals surface area contributed by atoms with Gasteiger partial charge in [-0.15, -0.1) is 0 Å². The summed E-state index contributed by atoms with van der Waals surface area (Å²) in [5.74, 6) is 0. The Morgan fingerprint density at radius 1 is 1.12 bits per heavy atom. The maximum atomic E-state index is 7.45. The van der Waals surface area contributed by atoms with Crippen LogP contribution in [0.4, 0.5) is 0 Å². The number of fused-ring (bicyclic) bond motifs is 3. The normalized spacial score (nSPS) is 21.8. The minimum atomic E-state index is -3.72. The second-order valence-electron chi connectivity index (χ2n) is 7.58. The average Bonchev–Trinajstić information content (AvgIpc) is 3.25. The number of halogens is 2. The average molecular weight is 463 g/mol. The number of unbranched alkanes of at least 4 members (excludes halogenated alkanes) is 1. The molecule has 0 saturated carbocycles. The summed E-state index contributed by atoms with van der Waals surface area (Å²) in [7, 11) is 14.9. The molecule has 0 N–H and O–H groups in total. The molecule has 0 aromatic heterocycles. The van der Waals surface area contributed by atoms with E-state index < -0.39 is 17.9 Å². The Kier molecular flexibility index (Phi) is 5.10. The number of benzene rings is 2. The van der Waals surface area contributed by atoms with E-state index in [1.54, 1.807) is 0 Å². The first-order valence-corrected chi connectivity index (χ1v) is 18.3. The molecule has 0 bridgehead atoms. The minimum absolute atomic E-state index is 0.137. The maximum absolute atomic E-state index is 7.45. The Morgan fingerprint density at radius 2 is 1.92 bits per heavy atom. The Bertz CT molecular complexity index is 952. The van der Waals surface area contributed by atoms with E-state index in [4.69, 9.17) is 17.0 Å². The summed E-state index contributed by atoms with van der Waals surface area (Å²) in [6.07, 6.45) is 13.5. The van der Waals surface area contributed by atoms with Gasteiger partial charge in [0.2, 0.25) is 0 Å². The molecule has 1 atom stereocenters. The first kappa shape index (κ1) is 18.7. The number of hydrogen-bond donors (Lipinski definition) is 0. The Hall–Kier alpha value is -0.617. The van der Waals surface area contributed by atoms with Gasteiger partial charge in [-0.25, -0.2) is 0 Å². The fraction of sp³-hybridized carbons (Fsp3) is 0.304. The van der Waals surface area contributed by atoms with Crippen LogP contribution in [0, 0.1) is 0 Å². The van der Waals surface area contributed by atoms with Crippen molar-refractivity contribution in [2.45, 2.75) is 42.7 Å². The van der Waals surface area contributed by atoms with Crippen LogP contribution in [0.3, 0.4) is 0 Å². The van der Waals surface area contributed by atoms with Crippen molar-refractivity contribution in [2.75, 3.05) is 0 Å². The van der Waals surface area contributed by atoms with E-state index in [1.165, 1.54) is 30.8 Å². The summed E-state index contributed by atoms with van der Waals surface area (Å²) in [4.78, 5) is 0. The van der Waals surface area contributed by atoms with Crippen molar-refractivity contribution >= 4 is 31.1 Å². The van der Waals surface area contributed by atoms with Gasteiger partial charge in [0.25, 0.3) is 0 Å². The number of hydrogen-bond acceptors (Lipinski definition) is 0. The van der Waals surface area contributed by atoms with Crippen LogP contribution in [0.1, 0.15) is 44.2 Å². The quantitative estimate of drug-likeness (QED) is 0.421. The van der Waals surface area contributed by atoms with Crippen LogP contribution in [0.5, 0.6) is 0 Å². The topological polar surface area (TPSA) is 0 Å². The Balaban J connectivity index is 1.86. The monoisotopic (exact) mass is 460 g/mol. The van der Waals surface area contributed by atoms with E-state index in [9.17, 15) is 0 Å². The zero-order valence-corrected chi connectivity index (χ0v) is 19.3. The predicted molar refractivity (Wildman–Crippen MR) is 112 cm³/mol. The molecule has 0 spiro atoms. The molecule has 26 heavy (non-hydrogen) atoms. The van der Waals surface area contributed by atoms with Gasteiger partial charge < -0.3 is 0 Å². The van der Waals surface area contributed by atoms with Gasteiger partial charge in [-0.1, -0.05) is 0 Å². The van der Waals surface area contributed by atoms with E-state index in [1.807, 2.05) is 0 Å². The molecule has 0 fully saturated rings. The molecule has 1 unspecified atom stereocenters. The molecule has 3 heteroatoms. The van der Waals surface area contributed by atoms with Gasteiger partial charge in [-0.05, 0) is 0 Å². The van der Waals surface area contributed by atoms with Crippen LogP contribution >= 0.6 is 17.0 Å². The molecule has 2 aromatic rings. The van der Waals surface area contributed by atoms with Gasteiger partial charge in [0.05, 0.1) is 0 Å². The van der Waals surface area contributed by atoms with Crippen molar-refractivity contribution in [1.82, 2.24) is 0 Å². The van der Waals surface area contributed by atoms with Gasteiger partial charge in [-0.3, -0.25) is 0 Å². The summed E-state index contributed by atoms with van der Waals surface area (Å²) in [5, 5.41) is 2.57. The summed E-state index contributed by atoms with van der Waals surface area (Å²) in [6, 6.07) is 13.1. The van der Waals surface area contributed by atoms with Crippen LogP contribution in [-0.4, -0.2) is 0 Å². The fourth-order valence-corrected chi connectivity index (χ4v) is 15.5. The van der Waals surface area contributed by atoms with Crippen molar-refractivity contribution in [3.05, 3.63) is 77.4 Å². The fourth-order valence-electron chi connectivity index (χ4n) is 4.41. The van der Waals surface area contributed by atoms with E-state index in [2.05, 4.69) is 74.5 Å². The second kappa shape index (κ2) is 7.08. The summed E-state index contributed by atoms with van der Waals surface area (Å²) in [5.41, 5.74) is 3.99. The first-order valence-electron chi connectivity index (χ1n) is 9.47. The van der Waals surface area contributed by atoms with Crippen molar-refractivity contribution in [3.63, 3.8) is 0 Å². The van der Waals surface area contributed by atoms with Gasteiger partial charge in [0, 0.05) is 0 Å². The third kappa shape index (κ3) is 2.92. The Labute approximate surface area is 168 Å². The van der Waals surface area contributed by atoms with Gasteiger partial charge in [-0.2, -0.15) is 0 Å². The molecule has 0 heterocycles. The van der Waals surface area contributed by atoms with Crippen LogP contribution in [0.25, 0.3) is 14.1 Å². The molecule has 2 aliphatic carbocycles. The third-order valence-electron chi connectivity index (χ3n) is 5.81. The predicted octanol–water partition coefficient (Wildman–Crippen LogP) is 8.06. The van der Waals surface area contributed by atoms with Crippen molar-refractivity contribution in [2.24, 2.45) is 0 Å². The van der Waals surface area contributed by atoms with Crippen LogP contribution in [-0.2, 0) is 24.3 Å². The molecule has 4 rings (SSSR count). The van der Waals surface area contributed by atoms with E-state index in [0.717, 1.165) is 25.7 Å². The van der Waals surface area contributed by atoms with Gasteiger partial charge in [0.15, 0.2) is 0 Å². The van der Waals surface area contributed by atoms with Gasteiger partial charge >= 0.3 is 169 Å². The zero-order valence-electron chi connectivity index (χ0n) is 15.4. The molecule has 2 aliphatic rings. The number of rotatable bonds is 5.